The van der Waals surface area contributed by atoms with Crippen LogP contribution in [0.15, 0.2) is 72.8 Å². The van der Waals surface area contributed by atoms with E-state index >= 15 is 0 Å². The maximum Gasteiger partial charge on any atom is 0.00450 e. The molecule has 8 saturated carbocycles. The van der Waals surface area contributed by atoms with Crippen LogP contribution in [0.25, 0.3) is 0 Å². The van der Waals surface area contributed by atoms with Crippen molar-refractivity contribution in [1.82, 2.24) is 0 Å². The van der Waals surface area contributed by atoms with Crippen molar-refractivity contribution in [2.24, 2.45) is 46.3 Å². The SMILES string of the molecule is PC(c1cc(CCCc2ccccc2)c(CCCc2ccccc2)cc1C(P)C12CC3CC(CC(C3)C1)C2)C12CC3CC(CC(C3)C1)C2. The van der Waals surface area contributed by atoms with E-state index < -0.39 is 0 Å². The summed E-state index contributed by atoms with van der Waals surface area (Å²) in [6.07, 6.45) is 25.4. The molecule has 4 unspecified atom stereocenters. The quantitative estimate of drug-likeness (QED) is 0.168. The molecule has 48 heavy (non-hydrogen) atoms. The van der Waals surface area contributed by atoms with Gasteiger partial charge in [0.05, 0.1) is 0 Å². The van der Waals surface area contributed by atoms with Crippen LogP contribution in [0.1, 0.15) is 135 Å². The zero-order chi connectivity index (χ0) is 32.3. The molecule has 0 heterocycles. The van der Waals surface area contributed by atoms with Crippen molar-refractivity contribution in [2.75, 3.05) is 0 Å². The number of benzene rings is 3. The van der Waals surface area contributed by atoms with Crippen molar-refractivity contribution in [3.8, 4) is 0 Å². The summed E-state index contributed by atoms with van der Waals surface area (Å²) in [5, 5.41) is 0. The van der Waals surface area contributed by atoms with Gasteiger partial charge in [-0.25, -0.2) is 0 Å². The maximum absolute atomic E-state index is 3.58. The lowest BCUT2D eigenvalue weighted by molar-refractivity contribution is -0.0575. The third-order valence-electron chi connectivity index (χ3n) is 15.1. The smallest absolute Gasteiger partial charge is 0.00450 e. The largest absolute Gasteiger partial charge is 0.129 e. The highest BCUT2D eigenvalue weighted by Gasteiger charge is 2.56. The standard InChI is InChI=1S/C46H60P2/c47-43(45-25-33-17-34(26-45)19-35(18-33)27-45)41-23-39(15-7-13-31-9-3-1-4-10-31)40(16-8-14-32-11-5-2-6-12-32)24-42(41)44(48)46-28-36-20-37(29-46)22-38(21-36)30-46/h1-6,9-12,23-24,33-38,43-44H,7-8,13-22,25-30,47-48H2. The molecule has 0 nitrogen and oxygen atoms in total. The second-order valence-electron chi connectivity index (χ2n) is 18.4. The Labute approximate surface area is 296 Å². The Morgan fingerprint density at radius 3 is 1.08 bits per heavy atom. The zero-order valence-corrected chi connectivity index (χ0v) is 31.7. The predicted octanol–water partition coefficient (Wildman–Crippen LogP) is 12.3. The van der Waals surface area contributed by atoms with Crippen LogP contribution in [0.5, 0.6) is 0 Å². The molecule has 0 amide bonds. The van der Waals surface area contributed by atoms with E-state index in [4.69, 9.17) is 0 Å². The highest BCUT2D eigenvalue weighted by molar-refractivity contribution is 7.17. The summed E-state index contributed by atoms with van der Waals surface area (Å²) in [7, 11) is 7.16. The van der Waals surface area contributed by atoms with Crippen LogP contribution in [0.3, 0.4) is 0 Å². The van der Waals surface area contributed by atoms with E-state index in [1.807, 2.05) is 0 Å². The van der Waals surface area contributed by atoms with Crippen LogP contribution in [-0.4, -0.2) is 0 Å². The Kier molecular flexibility index (Phi) is 8.95. The Balaban J connectivity index is 1.09. The van der Waals surface area contributed by atoms with Gasteiger partial charge in [0.15, 0.2) is 0 Å². The van der Waals surface area contributed by atoms with Gasteiger partial charge in [0.1, 0.15) is 0 Å². The van der Waals surface area contributed by atoms with E-state index in [1.165, 1.54) is 127 Å². The third-order valence-corrected chi connectivity index (χ3v) is 17.2. The Hall–Kier alpha value is -1.48. The first-order valence-electron chi connectivity index (χ1n) is 20.2. The van der Waals surface area contributed by atoms with Gasteiger partial charge in [0.25, 0.3) is 0 Å². The molecule has 254 valence electrons. The minimum absolute atomic E-state index is 0.510. The zero-order valence-electron chi connectivity index (χ0n) is 29.4. The summed E-state index contributed by atoms with van der Waals surface area (Å²) in [6, 6.07) is 28.1. The fourth-order valence-electron chi connectivity index (χ4n) is 13.8. The number of aryl methyl sites for hydroxylation is 4. The van der Waals surface area contributed by atoms with E-state index in [9.17, 15) is 0 Å². The van der Waals surface area contributed by atoms with Gasteiger partial charge in [-0.1, -0.05) is 72.8 Å². The fraction of sp³-hybridized carbons (Fsp3) is 0.609. The van der Waals surface area contributed by atoms with Crippen LogP contribution >= 0.6 is 18.5 Å². The molecule has 11 rings (SSSR count). The summed E-state index contributed by atoms with van der Waals surface area (Å²) in [4.78, 5) is 0. The number of hydrogen-bond acceptors (Lipinski definition) is 0. The lowest BCUT2D eigenvalue weighted by Gasteiger charge is -2.60. The van der Waals surface area contributed by atoms with Gasteiger partial charge in [-0.15, -0.1) is 18.5 Å². The summed E-state index contributed by atoms with van der Waals surface area (Å²) in [5.74, 6) is 6.00. The van der Waals surface area contributed by atoms with E-state index in [0.717, 1.165) is 35.5 Å². The summed E-state index contributed by atoms with van der Waals surface area (Å²) in [6.45, 7) is 0. The first-order valence-corrected chi connectivity index (χ1v) is 21.5. The monoisotopic (exact) mass is 674 g/mol. The van der Waals surface area contributed by atoms with E-state index in [0.29, 0.717) is 22.1 Å². The van der Waals surface area contributed by atoms with Crippen LogP contribution in [0.2, 0.25) is 0 Å². The average Bonchev–Trinajstić information content (AvgIpc) is 3.08. The molecule has 3 aromatic rings. The molecule has 4 atom stereocenters. The molecule has 0 aliphatic heterocycles. The third kappa shape index (κ3) is 6.21. The molecular formula is C46H60P2. The van der Waals surface area contributed by atoms with E-state index in [1.54, 1.807) is 22.3 Å². The minimum atomic E-state index is 0.510. The molecule has 8 bridgehead atoms. The van der Waals surface area contributed by atoms with Gasteiger partial charge < -0.3 is 0 Å². The van der Waals surface area contributed by atoms with Crippen molar-refractivity contribution in [3.63, 3.8) is 0 Å². The minimum Gasteiger partial charge on any atom is -0.129 e. The molecule has 0 spiro atoms. The van der Waals surface area contributed by atoms with Gasteiger partial charge in [0.2, 0.25) is 0 Å². The van der Waals surface area contributed by atoms with Crippen molar-refractivity contribution in [2.45, 2.75) is 127 Å². The highest BCUT2D eigenvalue weighted by atomic mass is 31.0. The second-order valence-corrected chi connectivity index (χ2v) is 19.8. The Bertz CT molecular complexity index is 1380. The summed E-state index contributed by atoms with van der Waals surface area (Å²) < 4.78 is 0. The molecule has 8 aliphatic rings. The van der Waals surface area contributed by atoms with Gasteiger partial charge in [-0.2, -0.15) is 0 Å². The van der Waals surface area contributed by atoms with Crippen molar-refractivity contribution in [3.05, 3.63) is 106 Å². The lowest BCUT2D eigenvalue weighted by atomic mass is 9.47. The average molecular weight is 675 g/mol. The summed E-state index contributed by atoms with van der Waals surface area (Å²) >= 11 is 0. The topological polar surface area (TPSA) is 0 Å². The van der Waals surface area contributed by atoms with Crippen LogP contribution < -0.4 is 0 Å². The van der Waals surface area contributed by atoms with Crippen molar-refractivity contribution < 1.29 is 0 Å². The normalized spacial score (nSPS) is 35.6. The predicted molar refractivity (Wildman–Crippen MR) is 209 cm³/mol. The van der Waals surface area contributed by atoms with Crippen LogP contribution in [0.4, 0.5) is 0 Å². The number of rotatable bonds is 12. The maximum atomic E-state index is 3.58. The molecular weight excluding hydrogens is 614 g/mol. The van der Waals surface area contributed by atoms with Crippen molar-refractivity contribution >= 4 is 18.5 Å². The van der Waals surface area contributed by atoms with E-state index in [2.05, 4.69) is 91.3 Å². The lowest BCUT2D eigenvalue weighted by Crippen LogP contribution is -2.49. The molecule has 2 heteroatoms. The van der Waals surface area contributed by atoms with Crippen molar-refractivity contribution in [1.29, 1.82) is 0 Å². The van der Waals surface area contributed by atoms with Gasteiger partial charge in [-0.3, -0.25) is 0 Å². The first kappa shape index (κ1) is 32.4. The van der Waals surface area contributed by atoms with E-state index in [-0.39, 0.29) is 0 Å². The molecule has 0 aromatic heterocycles. The molecule has 8 fully saturated rings. The Morgan fingerprint density at radius 2 is 0.771 bits per heavy atom. The molecule has 3 aromatic carbocycles. The highest BCUT2D eigenvalue weighted by Crippen LogP contribution is 2.69. The van der Waals surface area contributed by atoms with Crippen LogP contribution in [-0.2, 0) is 25.7 Å². The molecule has 8 aliphatic carbocycles. The first-order chi connectivity index (χ1) is 23.4. The van der Waals surface area contributed by atoms with Crippen LogP contribution in [0, 0.1) is 46.3 Å². The summed E-state index contributed by atoms with van der Waals surface area (Å²) in [5.41, 5.74) is 12.1. The molecule has 0 saturated heterocycles. The fourth-order valence-corrected chi connectivity index (χ4v) is 15.2. The van der Waals surface area contributed by atoms with Gasteiger partial charge in [-0.05, 0) is 195 Å². The molecule has 0 radical (unpaired) electrons. The second kappa shape index (κ2) is 13.2. The van der Waals surface area contributed by atoms with Gasteiger partial charge in [0, 0.05) is 11.3 Å². The molecule has 0 N–H and O–H groups in total. The van der Waals surface area contributed by atoms with Gasteiger partial charge >= 0.3 is 0 Å². The number of hydrogen-bond donors (Lipinski definition) is 0. The Morgan fingerprint density at radius 1 is 0.458 bits per heavy atom.